The number of piperazine rings is 1. The van der Waals surface area contributed by atoms with Gasteiger partial charge >= 0.3 is 11.9 Å². The molecule has 31 heavy (non-hydrogen) atoms. The zero-order valence-electron chi connectivity index (χ0n) is 17.2. The van der Waals surface area contributed by atoms with Gasteiger partial charge in [0.1, 0.15) is 5.84 Å². The summed E-state index contributed by atoms with van der Waals surface area (Å²) in [6.07, 6.45) is 1.12. The molecule has 2 N–H and O–H groups in total. The summed E-state index contributed by atoms with van der Waals surface area (Å²) in [5.74, 6) is -1.47. The molecule has 0 bridgehead atoms. The quantitative estimate of drug-likeness (QED) is 0.659. The number of carboxylic acid groups (broad SMARTS) is 2. The molecule has 1 fully saturated rings. The van der Waals surface area contributed by atoms with E-state index in [1.54, 1.807) is 11.3 Å². The Morgan fingerprint density at radius 1 is 1.03 bits per heavy atom. The number of rotatable bonds is 2. The summed E-state index contributed by atoms with van der Waals surface area (Å²) in [6, 6.07) is 6.09. The van der Waals surface area contributed by atoms with Crippen LogP contribution in [0.5, 0.6) is 0 Å². The summed E-state index contributed by atoms with van der Waals surface area (Å²) in [5, 5.41) is 20.7. The Morgan fingerprint density at radius 2 is 1.68 bits per heavy atom. The van der Waals surface area contributed by atoms with Crippen molar-refractivity contribution in [2.24, 2.45) is 4.99 Å². The van der Waals surface area contributed by atoms with E-state index in [9.17, 15) is 9.59 Å². The monoisotopic (exact) mass is 462 g/mol. The van der Waals surface area contributed by atoms with Gasteiger partial charge in [0, 0.05) is 66.7 Å². The first-order valence-corrected chi connectivity index (χ1v) is 10.8. The van der Waals surface area contributed by atoms with Gasteiger partial charge in [-0.25, -0.2) is 14.6 Å². The predicted molar refractivity (Wildman–Crippen MR) is 124 cm³/mol. The number of aliphatic imine (C=N–C) groups is 1. The number of hydrogen-bond acceptors (Lipinski definition) is 7. The van der Waals surface area contributed by atoms with Crippen LogP contribution in [0.2, 0.25) is 5.02 Å². The number of likely N-dealkylation sites (N-methyl/N-ethyl adjacent to an activating group) is 1. The third-order valence-corrected chi connectivity index (χ3v) is 5.90. The van der Waals surface area contributed by atoms with Gasteiger partial charge in [-0.15, -0.1) is 11.3 Å². The number of fused-ring (bicyclic) bond motifs is 2. The fourth-order valence-corrected chi connectivity index (χ4v) is 4.25. The SMILES string of the molecule is CN1CCN(C2=Nc3cscc3N(C)c3ccc(Cl)cc32)CC1.O=C(O)/C=C/C(=O)O. The zero-order valence-corrected chi connectivity index (χ0v) is 18.7. The minimum absolute atomic E-state index is 0.558. The molecule has 1 aromatic heterocycles. The van der Waals surface area contributed by atoms with E-state index in [4.69, 9.17) is 26.8 Å². The maximum absolute atomic E-state index is 9.55. The molecule has 0 unspecified atom stereocenters. The largest absolute Gasteiger partial charge is 0.478 e. The van der Waals surface area contributed by atoms with E-state index in [2.05, 4.69) is 45.6 Å². The van der Waals surface area contributed by atoms with Crippen molar-refractivity contribution in [3.63, 3.8) is 0 Å². The van der Waals surface area contributed by atoms with Gasteiger partial charge in [-0.1, -0.05) is 11.6 Å². The average molecular weight is 463 g/mol. The van der Waals surface area contributed by atoms with Gasteiger partial charge in [0.05, 0.1) is 17.1 Å². The molecule has 1 saturated heterocycles. The molecule has 0 radical (unpaired) electrons. The molecular formula is C21H23ClN4O4S. The summed E-state index contributed by atoms with van der Waals surface area (Å²) in [4.78, 5) is 31.1. The second kappa shape index (κ2) is 9.95. The van der Waals surface area contributed by atoms with Crippen molar-refractivity contribution >= 4 is 57.8 Å². The molecule has 164 valence electrons. The second-order valence-electron chi connectivity index (χ2n) is 7.10. The van der Waals surface area contributed by atoms with E-state index in [-0.39, 0.29) is 0 Å². The van der Waals surface area contributed by atoms with E-state index < -0.39 is 11.9 Å². The van der Waals surface area contributed by atoms with Crippen molar-refractivity contribution in [3.8, 4) is 0 Å². The third-order valence-electron chi connectivity index (χ3n) is 4.94. The summed E-state index contributed by atoms with van der Waals surface area (Å²) in [5.41, 5.74) is 4.47. The van der Waals surface area contributed by atoms with Crippen LogP contribution >= 0.6 is 22.9 Å². The van der Waals surface area contributed by atoms with Crippen molar-refractivity contribution in [2.45, 2.75) is 0 Å². The van der Waals surface area contributed by atoms with Crippen molar-refractivity contribution in [1.82, 2.24) is 9.80 Å². The number of nitrogens with zero attached hydrogens (tertiary/aromatic N) is 4. The first-order valence-electron chi connectivity index (χ1n) is 9.52. The van der Waals surface area contributed by atoms with Gasteiger partial charge in [-0.05, 0) is 25.2 Å². The first-order chi connectivity index (χ1) is 14.8. The minimum Gasteiger partial charge on any atom is -0.478 e. The maximum atomic E-state index is 9.55. The Balaban J connectivity index is 0.000000293. The normalized spacial score (nSPS) is 16.0. The van der Waals surface area contributed by atoms with Crippen molar-refractivity contribution in [3.05, 3.63) is 51.7 Å². The number of benzene rings is 1. The van der Waals surface area contributed by atoms with E-state index >= 15 is 0 Å². The number of carboxylic acids is 2. The maximum Gasteiger partial charge on any atom is 0.328 e. The summed E-state index contributed by atoms with van der Waals surface area (Å²) in [6.45, 7) is 4.09. The highest BCUT2D eigenvalue weighted by atomic mass is 35.5. The van der Waals surface area contributed by atoms with Crippen molar-refractivity contribution in [2.75, 3.05) is 45.2 Å². The smallest absolute Gasteiger partial charge is 0.328 e. The molecule has 3 heterocycles. The Labute approximate surface area is 189 Å². The van der Waals surface area contributed by atoms with E-state index in [0.717, 1.165) is 59.7 Å². The lowest BCUT2D eigenvalue weighted by atomic mass is 10.1. The number of anilines is 2. The summed E-state index contributed by atoms with van der Waals surface area (Å²) in [7, 11) is 4.27. The van der Waals surface area contributed by atoms with Crippen molar-refractivity contribution < 1.29 is 19.8 Å². The molecule has 8 nitrogen and oxygen atoms in total. The summed E-state index contributed by atoms with van der Waals surface area (Å²) < 4.78 is 0. The Morgan fingerprint density at radius 3 is 2.29 bits per heavy atom. The lowest BCUT2D eigenvalue weighted by molar-refractivity contribution is -0.134. The van der Waals surface area contributed by atoms with E-state index in [0.29, 0.717) is 12.2 Å². The van der Waals surface area contributed by atoms with Crippen LogP contribution in [0.1, 0.15) is 5.56 Å². The van der Waals surface area contributed by atoms with Gasteiger partial charge in [0.2, 0.25) is 0 Å². The first kappa shape index (κ1) is 22.8. The van der Waals surface area contributed by atoms with Crippen LogP contribution in [-0.2, 0) is 9.59 Å². The lowest BCUT2D eigenvalue weighted by Gasteiger charge is -2.35. The molecule has 2 aliphatic rings. The van der Waals surface area contributed by atoms with Crippen molar-refractivity contribution in [1.29, 1.82) is 0 Å². The molecule has 0 saturated carbocycles. The van der Waals surface area contributed by atoms with Crippen LogP contribution in [0.3, 0.4) is 0 Å². The average Bonchev–Trinajstić information content (AvgIpc) is 3.15. The van der Waals surface area contributed by atoms with Crippen LogP contribution in [0.25, 0.3) is 0 Å². The highest BCUT2D eigenvalue weighted by Gasteiger charge is 2.26. The molecule has 2 aromatic rings. The van der Waals surface area contributed by atoms with Crippen LogP contribution < -0.4 is 4.90 Å². The van der Waals surface area contributed by atoms with Crippen LogP contribution in [0, 0.1) is 0 Å². The van der Waals surface area contributed by atoms with Crippen LogP contribution in [0.15, 0.2) is 46.1 Å². The molecule has 10 heteroatoms. The molecule has 0 spiro atoms. The zero-order chi connectivity index (χ0) is 22.5. The van der Waals surface area contributed by atoms with Gasteiger partial charge in [0.25, 0.3) is 0 Å². The van der Waals surface area contributed by atoms with E-state index in [1.807, 2.05) is 12.1 Å². The molecular weight excluding hydrogens is 440 g/mol. The third kappa shape index (κ3) is 5.63. The fourth-order valence-electron chi connectivity index (χ4n) is 3.30. The predicted octanol–water partition coefficient (Wildman–Crippen LogP) is 3.52. The van der Waals surface area contributed by atoms with Gasteiger partial charge in [-0.3, -0.25) is 0 Å². The Kier molecular flexibility index (Phi) is 7.32. The minimum atomic E-state index is -1.26. The number of halogens is 1. The van der Waals surface area contributed by atoms with Gasteiger partial charge in [-0.2, -0.15) is 0 Å². The highest BCUT2D eigenvalue weighted by Crippen LogP contribution is 2.41. The Bertz CT molecular complexity index is 1010. The molecule has 0 aliphatic carbocycles. The number of hydrogen-bond donors (Lipinski definition) is 2. The Hall–Kier alpha value is -2.88. The van der Waals surface area contributed by atoms with Crippen LogP contribution in [-0.4, -0.2) is 78.1 Å². The standard InChI is InChI=1S/C17H19ClN4S.C4H4O4/c1-20-5-7-22(8-6-20)17-13-9-12(18)3-4-15(13)21(2)16-11-23-10-14(16)19-17;5-3(6)1-2-4(7)8/h3-4,9-11H,5-8H2,1-2H3;1-2H,(H,5,6)(H,7,8)/b;2-1+. The number of thiophene rings is 1. The number of amidine groups is 1. The van der Waals surface area contributed by atoms with Gasteiger partial charge < -0.3 is 24.9 Å². The lowest BCUT2D eigenvalue weighted by Crippen LogP contribution is -2.47. The number of aliphatic carboxylic acids is 2. The summed E-state index contributed by atoms with van der Waals surface area (Å²) >= 11 is 7.99. The van der Waals surface area contributed by atoms with E-state index in [1.165, 1.54) is 0 Å². The fraction of sp³-hybridized carbons (Fsp3) is 0.286. The molecule has 2 aliphatic heterocycles. The van der Waals surface area contributed by atoms with Gasteiger partial charge in [0.15, 0.2) is 0 Å². The number of carbonyl (C=O) groups is 2. The van der Waals surface area contributed by atoms with Crippen LogP contribution in [0.4, 0.5) is 17.1 Å². The highest BCUT2D eigenvalue weighted by molar-refractivity contribution is 7.09. The molecule has 0 atom stereocenters. The molecule has 1 aromatic carbocycles. The molecule has 0 amide bonds. The second-order valence-corrected chi connectivity index (χ2v) is 8.28. The molecule has 4 rings (SSSR count). The topological polar surface area (TPSA) is 96.7 Å².